The molecule has 0 bridgehead atoms. The Morgan fingerprint density at radius 3 is 3.12 bits per heavy atom. The molecule has 6 nitrogen and oxygen atoms in total. The maximum atomic E-state index is 11.4. The maximum absolute atomic E-state index is 11.4. The minimum Gasteiger partial charge on any atom is -0.391 e. The summed E-state index contributed by atoms with van der Waals surface area (Å²) in [5, 5.41) is 3.32. The van der Waals surface area contributed by atoms with Crippen LogP contribution in [0.5, 0.6) is 0 Å². The van der Waals surface area contributed by atoms with Gasteiger partial charge in [-0.15, -0.1) is 0 Å². The van der Waals surface area contributed by atoms with Gasteiger partial charge in [0.15, 0.2) is 5.82 Å². The highest BCUT2D eigenvalue weighted by molar-refractivity contribution is 5.60. The Hall–Kier alpha value is -1.56. The highest BCUT2D eigenvalue weighted by Crippen LogP contribution is 2.19. The number of anilines is 2. The van der Waals surface area contributed by atoms with Crippen LogP contribution >= 0.6 is 0 Å². The minimum absolute atomic E-state index is 0.190. The van der Waals surface area contributed by atoms with E-state index in [4.69, 9.17) is 5.73 Å². The number of hydrogen-bond donors (Lipinski definition) is 3. The number of likely N-dealkylation sites (N-methyl/N-ethyl adjacent to an activating group) is 1. The maximum Gasteiger partial charge on any atom is 0.276 e. The van der Waals surface area contributed by atoms with Crippen LogP contribution < -0.4 is 21.5 Å². The summed E-state index contributed by atoms with van der Waals surface area (Å²) in [7, 11) is 1.93. The first-order valence-electron chi connectivity index (χ1n) is 5.47. The number of H-pyrrole nitrogens is 1. The van der Waals surface area contributed by atoms with Crippen molar-refractivity contribution in [3.8, 4) is 0 Å². The van der Waals surface area contributed by atoms with Gasteiger partial charge in [-0.05, 0) is 19.4 Å². The molecule has 0 spiro atoms. The molecule has 0 amide bonds. The van der Waals surface area contributed by atoms with Crippen LogP contribution in [0.3, 0.4) is 0 Å². The van der Waals surface area contributed by atoms with Crippen molar-refractivity contribution < 1.29 is 0 Å². The fourth-order valence-corrected chi connectivity index (χ4v) is 2.02. The molecule has 1 saturated heterocycles. The van der Waals surface area contributed by atoms with Crippen molar-refractivity contribution in [2.75, 3.05) is 30.8 Å². The summed E-state index contributed by atoms with van der Waals surface area (Å²) in [5.41, 5.74) is 5.63. The third kappa shape index (κ3) is 2.01. The van der Waals surface area contributed by atoms with Gasteiger partial charge in [-0.2, -0.15) is 0 Å². The molecule has 1 aromatic heterocycles. The van der Waals surface area contributed by atoms with Crippen LogP contribution in [0, 0.1) is 0 Å². The molecule has 1 fully saturated rings. The van der Waals surface area contributed by atoms with Crippen LogP contribution in [-0.4, -0.2) is 36.1 Å². The monoisotopic (exact) mass is 223 g/mol. The number of rotatable bonds is 2. The number of nitrogens with two attached hydrogens (primary N) is 1. The van der Waals surface area contributed by atoms with E-state index < -0.39 is 0 Å². The van der Waals surface area contributed by atoms with Gasteiger partial charge >= 0.3 is 0 Å². The van der Waals surface area contributed by atoms with Gasteiger partial charge in [-0.3, -0.25) is 4.79 Å². The van der Waals surface area contributed by atoms with Crippen molar-refractivity contribution in [1.29, 1.82) is 0 Å². The molecule has 0 saturated carbocycles. The van der Waals surface area contributed by atoms with Crippen LogP contribution in [-0.2, 0) is 0 Å². The van der Waals surface area contributed by atoms with E-state index in [0.29, 0.717) is 11.9 Å². The highest BCUT2D eigenvalue weighted by Gasteiger charge is 2.21. The summed E-state index contributed by atoms with van der Waals surface area (Å²) >= 11 is 0. The van der Waals surface area contributed by atoms with Gasteiger partial charge < -0.3 is 20.9 Å². The smallest absolute Gasteiger partial charge is 0.276 e. The molecule has 2 rings (SSSR count). The number of nitrogens with one attached hydrogen (secondary N) is 2. The van der Waals surface area contributed by atoms with Gasteiger partial charge in [0.05, 0.1) is 6.33 Å². The van der Waals surface area contributed by atoms with Crippen molar-refractivity contribution in [3.05, 3.63) is 16.7 Å². The Morgan fingerprint density at radius 1 is 1.62 bits per heavy atom. The number of nitrogens with zero attached hydrogens (tertiary/aromatic N) is 2. The Morgan fingerprint density at radius 2 is 2.44 bits per heavy atom. The zero-order valence-electron chi connectivity index (χ0n) is 9.36. The third-order valence-corrected chi connectivity index (χ3v) is 3.02. The second-order valence-electron chi connectivity index (χ2n) is 4.08. The molecule has 1 aliphatic heterocycles. The summed E-state index contributed by atoms with van der Waals surface area (Å²) < 4.78 is 0. The Labute approximate surface area is 93.9 Å². The topological polar surface area (TPSA) is 87.0 Å². The van der Waals surface area contributed by atoms with Crippen molar-refractivity contribution in [2.24, 2.45) is 0 Å². The quantitative estimate of drug-likeness (QED) is 0.631. The minimum atomic E-state index is -0.277. The molecule has 6 heteroatoms. The molecule has 1 aliphatic rings. The van der Waals surface area contributed by atoms with Crippen LogP contribution in [0.1, 0.15) is 12.8 Å². The summed E-state index contributed by atoms with van der Waals surface area (Å²) in [5.74, 6) is 0.567. The van der Waals surface area contributed by atoms with E-state index in [1.807, 2.05) is 11.9 Å². The van der Waals surface area contributed by atoms with E-state index >= 15 is 0 Å². The number of hydrogen-bond acceptors (Lipinski definition) is 5. The molecule has 16 heavy (non-hydrogen) atoms. The molecule has 0 aliphatic carbocycles. The lowest BCUT2D eigenvalue weighted by Crippen LogP contribution is -2.45. The second kappa shape index (κ2) is 4.52. The molecule has 0 radical (unpaired) electrons. The fraction of sp³-hybridized carbons (Fsp3) is 0.600. The largest absolute Gasteiger partial charge is 0.391 e. The molecular formula is C10H17N5O. The number of aromatic amines is 1. The number of aromatic nitrogens is 2. The van der Waals surface area contributed by atoms with Gasteiger partial charge in [-0.25, -0.2) is 4.98 Å². The summed E-state index contributed by atoms with van der Waals surface area (Å²) in [6.07, 6.45) is 3.62. The first-order valence-corrected chi connectivity index (χ1v) is 5.47. The molecule has 1 atom stereocenters. The van der Waals surface area contributed by atoms with Gasteiger partial charge in [0, 0.05) is 19.6 Å². The van der Waals surface area contributed by atoms with Crippen molar-refractivity contribution in [3.63, 3.8) is 0 Å². The van der Waals surface area contributed by atoms with Gasteiger partial charge in [0.25, 0.3) is 5.56 Å². The predicted molar refractivity (Wildman–Crippen MR) is 63.6 cm³/mol. The lowest BCUT2D eigenvalue weighted by molar-refractivity contribution is 0.443. The average Bonchev–Trinajstić information content (AvgIpc) is 2.33. The van der Waals surface area contributed by atoms with E-state index in [0.717, 1.165) is 25.9 Å². The summed E-state index contributed by atoms with van der Waals surface area (Å²) in [4.78, 5) is 19.9. The highest BCUT2D eigenvalue weighted by atomic mass is 16.1. The Kier molecular flexibility index (Phi) is 3.09. The van der Waals surface area contributed by atoms with Gasteiger partial charge in [0.1, 0.15) is 5.69 Å². The molecule has 1 unspecified atom stereocenters. The van der Waals surface area contributed by atoms with Crippen molar-refractivity contribution in [2.45, 2.75) is 18.9 Å². The normalized spacial score (nSPS) is 20.7. The Balaban J connectivity index is 2.22. The molecule has 2 heterocycles. The first-order chi connectivity index (χ1) is 7.70. The number of piperidine rings is 1. The van der Waals surface area contributed by atoms with Crippen LogP contribution in [0.15, 0.2) is 11.1 Å². The van der Waals surface area contributed by atoms with Crippen LogP contribution in [0.4, 0.5) is 11.5 Å². The standard InChI is InChI=1S/C10H17N5O/c1-15(7-3-2-4-12-5-7)9-8(11)10(16)14-6-13-9/h6-7,12H,2-5,11H2,1H3,(H,13,14,16). The second-order valence-corrected chi connectivity index (χ2v) is 4.08. The van der Waals surface area contributed by atoms with Crippen LogP contribution in [0.25, 0.3) is 0 Å². The van der Waals surface area contributed by atoms with E-state index in [1.54, 1.807) is 0 Å². The summed E-state index contributed by atoms with van der Waals surface area (Å²) in [6, 6.07) is 0.352. The zero-order valence-corrected chi connectivity index (χ0v) is 9.36. The third-order valence-electron chi connectivity index (χ3n) is 3.02. The average molecular weight is 223 g/mol. The molecule has 0 aromatic carbocycles. The van der Waals surface area contributed by atoms with E-state index in [2.05, 4.69) is 15.3 Å². The predicted octanol–water partition coefficient (Wildman–Crippen LogP) is -0.460. The summed E-state index contributed by atoms with van der Waals surface area (Å²) in [6.45, 7) is 1.97. The fourth-order valence-electron chi connectivity index (χ4n) is 2.02. The first kappa shape index (κ1) is 10.9. The SMILES string of the molecule is CN(c1nc[nH]c(=O)c1N)C1CCCNC1. The lowest BCUT2D eigenvalue weighted by atomic mass is 10.1. The van der Waals surface area contributed by atoms with Crippen molar-refractivity contribution in [1.82, 2.24) is 15.3 Å². The Bertz CT molecular complexity index is 410. The van der Waals surface area contributed by atoms with Crippen molar-refractivity contribution >= 4 is 11.5 Å². The molecule has 1 aromatic rings. The zero-order chi connectivity index (χ0) is 11.5. The van der Waals surface area contributed by atoms with E-state index in [-0.39, 0.29) is 11.2 Å². The molecule has 4 N–H and O–H groups in total. The van der Waals surface area contributed by atoms with E-state index in [9.17, 15) is 4.79 Å². The van der Waals surface area contributed by atoms with E-state index in [1.165, 1.54) is 6.33 Å². The van der Waals surface area contributed by atoms with Gasteiger partial charge in [0.2, 0.25) is 0 Å². The van der Waals surface area contributed by atoms with Gasteiger partial charge in [-0.1, -0.05) is 0 Å². The van der Waals surface area contributed by atoms with Crippen LogP contribution in [0.2, 0.25) is 0 Å². The lowest BCUT2D eigenvalue weighted by Gasteiger charge is -2.32. The molecular weight excluding hydrogens is 206 g/mol. The number of nitrogen functional groups attached to an aromatic ring is 1. The molecule has 88 valence electrons.